The molecule has 9 heteroatoms. The maximum Gasteiger partial charge on any atom is 0.263 e. The number of nitrogens with zero attached hydrogens (tertiary/aromatic N) is 2. The molecule has 1 saturated heterocycles. The van der Waals surface area contributed by atoms with Gasteiger partial charge in [-0.15, -0.1) is 0 Å². The van der Waals surface area contributed by atoms with Crippen molar-refractivity contribution in [2.24, 2.45) is 0 Å². The van der Waals surface area contributed by atoms with Crippen LogP contribution in [-0.4, -0.2) is 62.1 Å². The van der Waals surface area contributed by atoms with Crippen molar-refractivity contribution in [1.82, 2.24) is 9.21 Å². The molecular weight excluding hydrogens is 363 g/mol. The SMILES string of the molecule is CC(Oc1ccc(Cl)c(Cl)c1)C(=O)N1CCN(S(C)(=O)=O)CC1. The van der Waals surface area contributed by atoms with Crippen molar-refractivity contribution in [3.05, 3.63) is 28.2 Å². The average molecular weight is 381 g/mol. The predicted molar refractivity (Wildman–Crippen MR) is 89.5 cm³/mol. The van der Waals surface area contributed by atoms with Gasteiger partial charge in [-0.25, -0.2) is 8.42 Å². The lowest BCUT2D eigenvalue weighted by Gasteiger charge is -2.34. The van der Waals surface area contributed by atoms with E-state index >= 15 is 0 Å². The summed E-state index contributed by atoms with van der Waals surface area (Å²) in [6.45, 7) is 2.93. The molecule has 6 nitrogen and oxygen atoms in total. The molecule has 1 atom stereocenters. The largest absolute Gasteiger partial charge is 0.481 e. The third-order valence-corrected chi connectivity index (χ3v) is 5.61. The first-order valence-electron chi connectivity index (χ1n) is 7.04. The van der Waals surface area contributed by atoms with Crippen LogP contribution in [0.2, 0.25) is 10.0 Å². The second kappa shape index (κ2) is 7.25. The van der Waals surface area contributed by atoms with Crippen LogP contribution >= 0.6 is 23.2 Å². The van der Waals surface area contributed by atoms with Crippen molar-refractivity contribution in [3.63, 3.8) is 0 Å². The van der Waals surface area contributed by atoms with E-state index in [2.05, 4.69) is 0 Å². The summed E-state index contributed by atoms with van der Waals surface area (Å²) in [6.07, 6.45) is 0.470. The normalized spacial score (nSPS) is 17.8. The minimum atomic E-state index is -3.22. The number of carbonyl (C=O) groups is 1. The molecule has 0 spiro atoms. The van der Waals surface area contributed by atoms with Crippen molar-refractivity contribution in [2.45, 2.75) is 13.0 Å². The highest BCUT2D eigenvalue weighted by atomic mass is 35.5. The summed E-state index contributed by atoms with van der Waals surface area (Å²) in [5.41, 5.74) is 0. The summed E-state index contributed by atoms with van der Waals surface area (Å²) in [7, 11) is -3.22. The standard InChI is InChI=1S/C14H18Cl2N2O4S/c1-10(22-11-3-4-12(15)13(16)9-11)14(19)17-5-7-18(8-6-17)23(2,20)21/h3-4,9-10H,5-8H2,1-2H3. The fourth-order valence-corrected chi connectivity index (χ4v) is 3.42. The second-order valence-electron chi connectivity index (χ2n) is 5.32. The summed E-state index contributed by atoms with van der Waals surface area (Å²) in [6, 6.07) is 4.79. The van der Waals surface area contributed by atoms with Crippen molar-refractivity contribution in [3.8, 4) is 5.75 Å². The van der Waals surface area contributed by atoms with E-state index in [-0.39, 0.29) is 5.91 Å². The van der Waals surface area contributed by atoms with Gasteiger partial charge in [0.25, 0.3) is 5.91 Å². The molecule has 1 aromatic rings. The Balaban J connectivity index is 1.94. The second-order valence-corrected chi connectivity index (χ2v) is 8.12. The van der Waals surface area contributed by atoms with Gasteiger partial charge in [0, 0.05) is 32.2 Å². The lowest BCUT2D eigenvalue weighted by molar-refractivity contribution is -0.139. The van der Waals surface area contributed by atoms with Crippen molar-refractivity contribution in [1.29, 1.82) is 0 Å². The monoisotopic (exact) mass is 380 g/mol. The lowest BCUT2D eigenvalue weighted by Crippen LogP contribution is -2.53. The number of ether oxygens (including phenoxy) is 1. The molecule has 1 amide bonds. The van der Waals surface area contributed by atoms with Crippen LogP contribution in [0.15, 0.2) is 18.2 Å². The number of benzene rings is 1. The maximum atomic E-state index is 12.4. The summed E-state index contributed by atoms with van der Waals surface area (Å²) >= 11 is 11.8. The van der Waals surface area contributed by atoms with Gasteiger partial charge in [0.05, 0.1) is 16.3 Å². The predicted octanol–water partition coefficient (Wildman–Crippen LogP) is 1.86. The first kappa shape index (κ1) is 18.3. The lowest BCUT2D eigenvalue weighted by atomic mass is 10.2. The molecule has 0 aromatic heterocycles. The first-order chi connectivity index (χ1) is 10.7. The first-order valence-corrected chi connectivity index (χ1v) is 9.64. The van der Waals surface area contributed by atoms with Crippen molar-refractivity contribution in [2.75, 3.05) is 32.4 Å². The number of piperazine rings is 1. The Hall–Kier alpha value is -1.02. The maximum absolute atomic E-state index is 12.4. The quantitative estimate of drug-likeness (QED) is 0.799. The van der Waals surface area contributed by atoms with Crippen molar-refractivity contribution < 1.29 is 17.9 Å². The minimum Gasteiger partial charge on any atom is -0.481 e. The fraction of sp³-hybridized carbons (Fsp3) is 0.500. The molecule has 0 N–H and O–H groups in total. The molecule has 0 saturated carbocycles. The molecule has 2 rings (SSSR count). The van der Waals surface area contributed by atoms with Crippen LogP contribution in [0.5, 0.6) is 5.75 Å². The van der Waals surface area contributed by atoms with Crippen LogP contribution < -0.4 is 4.74 Å². The Morgan fingerprint density at radius 3 is 2.30 bits per heavy atom. The van der Waals surface area contributed by atoms with Crippen LogP contribution in [0, 0.1) is 0 Å². The van der Waals surface area contributed by atoms with Crippen LogP contribution in [-0.2, 0) is 14.8 Å². The van der Waals surface area contributed by atoms with Crippen molar-refractivity contribution >= 4 is 39.1 Å². The molecule has 23 heavy (non-hydrogen) atoms. The molecule has 1 aliphatic heterocycles. The smallest absolute Gasteiger partial charge is 0.263 e. The number of sulfonamides is 1. The summed E-state index contributed by atoms with van der Waals surface area (Å²) in [5.74, 6) is 0.263. The molecule has 1 heterocycles. The number of amides is 1. The number of halogens is 2. The fourth-order valence-electron chi connectivity index (χ4n) is 2.30. The summed E-state index contributed by atoms with van der Waals surface area (Å²) in [4.78, 5) is 14.0. The zero-order valence-corrected chi connectivity index (χ0v) is 15.2. The molecule has 1 unspecified atom stereocenters. The molecule has 0 radical (unpaired) electrons. The highest BCUT2D eigenvalue weighted by molar-refractivity contribution is 7.88. The van der Waals surface area contributed by atoms with E-state index in [1.807, 2.05) is 0 Å². The van der Waals surface area contributed by atoms with Crippen LogP contribution in [0.25, 0.3) is 0 Å². The van der Waals surface area contributed by atoms with Gasteiger partial charge in [-0.05, 0) is 19.1 Å². The number of rotatable bonds is 4. The van der Waals surface area contributed by atoms with Gasteiger partial charge >= 0.3 is 0 Å². The van der Waals surface area contributed by atoms with Gasteiger partial charge in [0.1, 0.15) is 5.75 Å². The van der Waals surface area contributed by atoms with Crippen LogP contribution in [0.4, 0.5) is 0 Å². The van der Waals surface area contributed by atoms with E-state index in [4.69, 9.17) is 27.9 Å². The van der Waals surface area contributed by atoms with E-state index in [1.165, 1.54) is 10.6 Å². The Labute approximate surface area is 146 Å². The topological polar surface area (TPSA) is 66.9 Å². The molecule has 1 fully saturated rings. The van der Waals surface area contributed by atoms with Gasteiger partial charge in [0.2, 0.25) is 10.0 Å². The third kappa shape index (κ3) is 4.73. The summed E-state index contributed by atoms with van der Waals surface area (Å²) in [5, 5.41) is 0.764. The van der Waals surface area contributed by atoms with Gasteiger partial charge < -0.3 is 9.64 Å². The highest BCUT2D eigenvalue weighted by Crippen LogP contribution is 2.27. The molecule has 0 aliphatic carbocycles. The Morgan fingerprint density at radius 1 is 1.17 bits per heavy atom. The Bertz CT molecular complexity index is 688. The molecular formula is C14H18Cl2N2O4S. The zero-order chi connectivity index (χ0) is 17.2. The van der Waals surface area contributed by atoms with Crippen LogP contribution in [0.1, 0.15) is 6.92 Å². The van der Waals surface area contributed by atoms with Crippen LogP contribution in [0.3, 0.4) is 0 Å². The molecule has 1 aliphatic rings. The molecule has 0 bridgehead atoms. The third-order valence-electron chi connectivity index (χ3n) is 3.57. The molecule has 1 aromatic carbocycles. The number of hydrogen-bond donors (Lipinski definition) is 0. The van der Waals surface area contributed by atoms with Gasteiger partial charge in [-0.1, -0.05) is 23.2 Å². The van der Waals surface area contributed by atoms with E-state index in [1.54, 1.807) is 30.0 Å². The number of hydrogen-bond acceptors (Lipinski definition) is 4. The van der Waals surface area contributed by atoms with E-state index < -0.39 is 16.1 Å². The highest BCUT2D eigenvalue weighted by Gasteiger charge is 2.29. The zero-order valence-electron chi connectivity index (χ0n) is 12.8. The van der Waals surface area contributed by atoms with Gasteiger partial charge in [-0.2, -0.15) is 4.31 Å². The molecule has 128 valence electrons. The van der Waals surface area contributed by atoms with Gasteiger partial charge in [0.15, 0.2) is 6.10 Å². The van der Waals surface area contributed by atoms with E-state index in [9.17, 15) is 13.2 Å². The number of carbonyl (C=O) groups excluding carboxylic acids is 1. The average Bonchev–Trinajstić information content (AvgIpc) is 2.49. The van der Waals surface area contributed by atoms with Gasteiger partial charge in [-0.3, -0.25) is 4.79 Å². The van der Waals surface area contributed by atoms with E-state index in [0.29, 0.717) is 42.0 Å². The Morgan fingerprint density at radius 2 is 1.78 bits per heavy atom. The minimum absolute atomic E-state index is 0.191. The summed E-state index contributed by atoms with van der Waals surface area (Å²) < 4.78 is 29.9. The Kier molecular flexibility index (Phi) is 5.78. The van der Waals surface area contributed by atoms with E-state index in [0.717, 1.165) is 0 Å².